The van der Waals surface area contributed by atoms with Crippen molar-refractivity contribution >= 4 is 37.6 Å². The van der Waals surface area contributed by atoms with Gasteiger partial charge >= 0.3 is 0 Å². The normalized spacial score (nSPS) is 21.5. The van der Waals surface area contributed by atoms with E-state index in [1.807, 2.05) is 6.92 Å². The monoisotopic (exact) mass is 365 g/mol. The minimum Gasteiger partial charge on any atom is -0.207 e. The number of benzene rings is 1. The quantitative estimate of drug-likeness (QED) is 0.809. The molecule has 1 heterocycles. The molecule has 0 saturated carbocycles. The van der Waals surface area contributed by atoms with Crippen molar-refractivity contribution in [3.63, 3.8) is 0 Å². The number of nitrogens with zero attached hydrogens (tertiary/aromatic N) is 1. The Morgan fingerprint density at radius 2 is 2.16 bits per heavy atom. The predicted molar refractivity (Wildman–Crippen MR) is 81.0 cm³/mol. The van der Waals surface area contributed by atoms with E-state index in [0.717, 1.165) is 25.7 Å². The molecule has 1 aromatic carbocycles. The van der Waals surface area contributed by atoms with Gasteiger partial charge < -0.3 is 0 Å². The van der Waals surface area contributed by atoms with Crippen molar-refractivity contribution in [1.29, 1.82) is 0 Å². The van der Waals surface area contributed by atoms with Gasteiger partial charge in [0.25, 0.3) is 0 Å². The second kappa shape index (κ2) is 6.12. The molecule has 1 unspecified atom stereocenters. The van der Waals surface area contributed by atoms with Gasteiger partial charge in [-0.05, 0) is 53.4 Å². The van der Waals surface area contributed by atoms with Crippen LogP contribution in [0.1, 0.15) is 32.6 Å². The second-order valence-electron chi connectivity index (χ2n) is 4.75. The summed E-state index contributed by atoms with van der Waals surface area (Å²) in [6.07, 6.45) is 3.81. The van der Waals surface area contributed by atoms with E-state index < -0.39 is 10.0 Å². The first-order valence-electron chi connectivity index (χ1n) is 6.43. The van der Waals surface area contributed by atoms with E-state index in [1.54, 1.807) is 16.4 Å². The summed E-state index contributed by atoms with van der Waals surface area (Å²) in [5.74, 6) is 0. The molecule has 1 aromatic rings. The Bertz CT molecular complexity index is 562. The van der Waals surface area contributed by atoms with E-state index in [4.69, 9.17) is 11.6 Å². The van der Waals surface area contributed by atoms with Gasteiger partial charge in [0.2, 0.25) is 10.0 Å². The summed E-state index contributed by atoms with van der Waals surface area (Å²) in [6, 6.07) is 4.98. The summed E-state index contributed by atoms with van der Waals surface area (Å²) in [5.41, 5.74) is 0. The minimum atomic E-state index is -3.47. The van der Waals surface area contributed by atoms with Crippen LogP contribution in [-0.2, 0) is 10.0 Å². The van der Waals surface area contributed by atoms with Crippen LogP contribution in [0.3, 0.4) is 0 Å². The fourth-order valence-electron chi connectivity index (χ4n) is 2.50. The number of rotatable bonds is 3. The lowest BCUT2D eigenvalue weighted by molar-refractivity contribution is 0.246. The molecule has 0 amide bonds. The van der Waals surface area contributed by atoms with Gasteiger partial charge in [0.05, 0.1) is 4.90 Å². The lowest BCUT2D eigenvalue weighted by Crippen LogP contribution is -2.43. The molecule has 0 N–H and O–H groups in total. The maximum atomic E-state index is 12.8. The molecule has 3 nitrogen and oxygen atoms in total. The Balaban J connectivity index is 2.43. The fourth-order valence-corrected chi connectivity index (χ4v) is 5.46. The van der Waals surface area contributed by atoms with Gasteiger partial charge in [-0.15, -0.1) is 0 Å². The number of hydrogen-bond acceptors (Lipinski definition) is 2. The van der Waals surface area contributed by atoms with Crippen LogP contribution in [0.5, 0.6) is 0 Å². The van der Waals surface area contributed by atoms with E-state index in [9.17, 15) is 8.42 Å². The van der Waals surface area contributed by atoms with Crippen LogP contribution in [0.4, 0.5) is 0 Å². The first-order valence-corrected chi connectivity index (χ1v) is 9.05. The van der Waals surface area contributed by atoms with Crippen LogP contribution in [0.2, 0.25) is 5.02 Å². The summed E-state index contributed by atoms with van der Waals surface area (Å²) in [7, 11) is -3.47. The summed E-state index contributed by atoms with van der Waals surface area (Å²) in [6.45, 7) is 2.63. The Morgan fingerprint density at radius 3 is 2.84 bits per heavy atom. The molecule has 0 spiro atoms. The van der Waals surface area contributed by atoms with Crippen LogP contribution in [-0.4, -0.2) is 25.3 Å². The molecule has 2 rings (SSSR count). The van der Waals surface area contributed by atoms with E-state index in [2.05, 4.69) is 15.9 Å². The third-order valence-corrected chi connectivity index (χ3v) is 6.71. The molecule has 106 valence electrons. The van der Waals surface area contributed by atoms with Crippen molar-refractivity contribution in [2.45, 2.75) is 43.5 Å². The van der Waals surface area contributed by atoms with Crippen molar-refractivity contribution in [3.05, 3.63) is 27.7 Å². The lowest BCUT2D eigenvalue weighted by Gasteiger charge is -2.34. The maximum Gasteiger partial charge on any atom is 0.244 e. The van der Waals surface area contributed by atoms with Gasteiger partial charge in [-0.3, -0.25) is 0 Å². The standard InChI is InChI=1S/C13H17BrClNO2S/c1-2-11-5-3-4-8-16(11)19(17,18)13-9-10(15)6-7-12(13)14/h6-7,9,11H,2-5,8H2,1H3. The summed E-state index contributed by atoms with van der Waals surface area (Å²) in [4.78, 5) is 0.264. The zero-order valence-corrected chi connectivity index (χ0v) is 13.9. The van der Waals surface area contributed by atoms with Gasteiger partial charge in [-0.25, -0.2) is 8.42 Å². The largest absolute Gasteiger partial charge is 0.244 e. The third-order valence-electron chi connectivity index (χ3n) is 3.52. The Hall–Kier alpha value is -0.100. The fraction of sp³-hybridized carbons (Fsp3) is 0.538. The average molecular weight is 367 g/mol. The molecule has 0 aromatic heterocycles. The highest BCUT2D eigenvalue weighted by atomic mass is 79.9. The van der Waals surface area contributed by atoms with Crippen molar-refractivity contribution in [2.24, 2.45) is 0 Å². The molecular formula is C13H17BrClNO2S. The number of hydrogen-bond donors (Lipinski definition) is 0. The number of sulfonamides is 1. The first-order chi connectivity index (χ1) is 8.96. The van der Waals surface area contributed by atoms with Crippen LogP contribution in [0.25, 0.3) is 0 Å². The Kier molecular flexibility index (Phi) is 4.93. The van der Waals surface area contributed by atoms with Crippen LogP contribution >= 0.6 is 27.5 Å². The molecule has 1 aliphatic heterocycles. The highest BCUT2D eigenvalue weighted by Gasteiger charge is 2.33. The SMILES string of the molecule is CCC1CCCCN1S(=O)(=O)c1cc(Cl)ccc1Br. The van der Waals surface area contributed by atoms with Crippen LogP contribution in [0, 0.1) is 0 Å². The predicted octanol–water partition coefficient (Wildman–Crippen LogP) is 4.06. The highest BCUT2D eigenvalue weighted by molar-refractivity contribution is 9.10. The molecule has 6 heteroatoms. The smallest absolute Gasteiger partial charge is 0.207 e. The number of halogens is 2. The number of piperidine rings is 1. The Morgan fingerprint density at radius 1 is 1.42 bits per heavy atom. The molecule has 1 atom stereocenters. The second-order valence-corrected chi connectivity index (χ2v) is 7.90. The van der Waals surface area contributed by atoms with E-state index in [1.165, 1.54) is 6.07 Å². The summed E-state index contributed by atoms with van der Waals surface area (Å²) >= 11 is 9.24. The molecule has 0 bridgehead atoms. The molecule has 0 radical (unpaired) electrons. The minimum absolute atomic E-state index is 0.102. The van der Waals surface area contributed by atoms with E-state index in [-0.39, 0.29) is 10.9 Å². The van der Waals surface area contributed by atoms with Crippen molar-refractivity contribution < 1.29 is 8.42 Å². The van der Waals surface area contributed by atoms with Crippen molar-refractivity contribution in [1.82, 2.24) is 4.31 Å². The van der Waals surface area contributed by atoms with E-state index in [0.29, 0.717) is 16.0 Å². The van der Waals surface area contributed by atoms with Gasteiger partial charge in [-0.2, -0.15) is 4.31 Å². The molecular weight excluding hydrogens is 350 g/mol. The zero-order chi connectivity index (χ0) is 14.0. The highest BCUT2D eigenvalue weighted by Crippen LogP contribution is 2.32. The molecule has 1 aliphatic rings. The average Bonchev–Trinajstić information content (AvgIpc) is 2.41. The lowest BCUT2D eigenvalue weighted by atomic mass is 10.0. The zero-order valence-electron chi connectivity index (χ0n) is 10.8. The van der Waals surface area contributed by atoms with Gasteiger partial charge in [0.1, 0.15) is 0 Å². The first kappa shape index (κ1) is 15.3. The topological polar surface area (TPSA) is 37.4 Å². The summed E-state index contributed by atoms with van der Waals surface area (Å²) < 4.78 is 27.7. The van der Waals surface area contributed by atoms with Gasteiger partial charge in [-0.1, -0.05) is 24.9 Å². The van der Waals surface area contributed by atoms with E-state index >= 15 is 0 Å². The summed E-state index contributed by atoms with van der Waals surface area (Å²) in [5, 5.41) is 0.437. The molecule has 1 fully saturated rings. The maximum absolute atomic E-state index is 12.8. The van der Waals surface area contributed by atoms with Crippen LogP contribution < -0.4 is 0 Å². The van der Waals surface area contributed by atoms with Crippen LogP contribution in [0.15, 0.2) is 27.6 Å². The Labute approximate surface area is 128 Å². The molecule has 1 saturated heterocycles. The molecule has 19 heavy (non-hydrogen) atoms. The van der Waals surface area contributed by atoms with Crippen molar-refractivity contribution in [3.8, 4) is 0 Å². The van der Waals surface area contributed by atoms with Gasteiger partial charge in [0.15, 0.2) is 0 Å². The van der Waals surface area contributed by atoms with Crippen molar-refractivity contribution in [2.75, 3.05) is 6.54 Å². The van der Waals surface area contributed by atoms with Gasteiger partial charge in [0, 0.05) is 22.1 Å². The molecule has 0 aliphatic carbocycles. The third kappa shape index (κ3) is 3.15.